The molecule has 0 radical (unpaired) electrons. The lowest BCUT2D eigenvalue weighted by atomic mass is 10.1. The molecule has 0 spiro atoms. The van der Waals surface area contributed by atoms with Gasteiger partial charge in [-0.25, -0.2) is 0 Å². The number of nitrogens with zero attached hydrogens (tertiary/aromatic N) is 1. The van der Waals surface area contributed by atoms with Gasteiger partial charge in [0.15, 0.2) is 0 Å². The summed E-state index contributed by atoms with van der Waals surface area (Å²) in [6, 6.07) is 14.8. The molecule has 0 atom stereocenters. The summed E-state index contributed by atoms with van der Waals surface area (Å²) in [5.41, 5.74) is 7.35. The van der Waals surface area contributed by atoms with E-state index in [0.29, 0.717) is 17.1 Å². The van der Waals surface area contributed by atoms with Gasteiger partial charge in [-0.15, -0.1) is 0 Å². The van der Waals surface area contributed by atoms with Gasteiger partial charge in [0.1, 0.15) is 5.69 Å². The zero-order chi connectivity index (χ0) is 14.8. The number of rotatable bonds is 2. The van der Waals surface area contributed by atoms with Crippen LogP contribution in [0.3, 0.4) is 0 Å². The first-order valence-electron chi connectivity index (χ1n) is 6.35. The molecule has 0 aliphatic carbocycles. The van der Waals surface area contributed by atoms with E-state index < -0.39 is 0 Å². The van der Waals surface area contributed by atoms with Crippen LogP contribution in [0.4, 0.5) is 11.4 Å². The van der Waals surface area contributed by atoms with Gasteiger partial charge in [0.05, 0.1) is 11.4 Å². The number of benzene rings is 2. The quantitative estimate of drug-likeness (QED) is 0.696. The predicted molar refractivity (Wildman–Crippen MR) is 88.3 cm³/mol. The highest BCUT2D eigenvalue weighted by molar-refractivity contribution is 9.10. The molecular weight excluding hydrogens is 330 g/mol. The molecule has 2 aromatic carbocycles. The van der Waals surface area contributed by atoms with Crippen molar-refractivity contribution in [2.24, 2.45) is 0 Å². The van der Waals surface area contributed by atoms with Crippen LogP contribution in [0, 0.1) is 0 Å². The summed E-state index contributed by atoms with van der Waals surface area (Å²) in [6.45, 7) is 0. The average molecular weight is 342 g/mol. The molecular formula is C16H12BrN3O. The van der Waals surface area contributed by atoms with Crippen molar-refractivity contribution < 1.29 is 4.79 Å². The van der Waals surface area contributed by atoms with Crippen molar-refractivity contribution in [2.45, 2.75) is 0 Å². The fourth-order valence-electron chi connectivity index (χ4n) is 2.13. The summed E-state index contributed by atoms with van der Waals surface area (Å²) in [4.78, 5) is 16.6. The number of aromatic nitrogens is 1. The minimum Gasteiger partial charge on any atom is -0.397 e. The Kier molecular flexibility index (Phi) is 3.58. The monoisotopic (exact) mass is 341 g/mol. The van der Waals surface area contributed by atoms with Gasteiger partial charge in [0.2, 0.25) is 0 Å². The Morgan fingerprint density at radius 3 is 2.76 bits per heavy atom. The topological polar surface area (TPSA) is 68.0 Å². The van der Waals surface area contributed by atoms with E-state index in [1.165, 1.54) is 0 Å². The van der Waals surface area contributed by atoms with Crippen molar-refractivity contribution in [1.82, 2.24) is 4.98 Å². The van der Waals surface area contributed by atoms with Crippen molar-refractivity contribution in [3.05, 3.63) is 64.9 Å². The fourth-order valence-corrected chi connectivity index (χ4v) is 2.51. The summed E-state index contributed by atoms with van der Waals surface area (Å²) in [6.07, 6.45) is 1.63. The lowest BCUT2D eigenvalue weighted by molar-refractivity contribution is 0.102. The summed E-state index contributed by atoms with van der Waals surface area (Å²) >= 11 is 3.33. The van der Waals surface area contributed by atoms with Crippen molar-refractivity contribution >= 4 is 44.0 Å². The molecule has 1 amide bonds. The molecule has 0 aliphatic rings. The van der Waals surface area contributed by atoms with Gasteiger partial charge in [-0.2, -0.15) is 0 Å². The Bertz CT molecular complexity index is 827. The Morgan fingerprint density at radius 2 is 1.95 bits per heavy atom. The number of halogens is 1. The van der Waals surface area contributed by atoms with Crippen LogP contribution in [0.15, 0.2) is 59.2 Å². The highest BCUT2D eigenvalue weighted by Crippen LogP contribution is 2.24. The molecule has 0 saturated heterocycles. The van der Waals surface area contributed by atoms with Gasteiger partial charge in [-0.3, -0.25) is 9.78 Å². The molecule has 1 heterocycles. The first-order chi connectivity index (χ1) is 10.1. The smallest absolute Gasteiger partial charge is 0.274 e. The number of carbonyl (C=O) groups excluding carboxylic acids is 1. The van der Waals surface area contributed by atoms with Crippen molar-refractivity contribution in [2.75, 3.05) is 11.1 Å². The van der Waals surface area contributed by atoms with Gasteiger partial charge in [-0.05, 0) is 29.7 Å². The van der Waals surface area contributed by atoms with Crippen LogP contribution in [-0.4, -0.2) is 10.9 Å². The zero-order valence-corrected chi connectivity index (χ0v) is 12.6. The number of anilines is 2. The molecule has 3 rings (SSSR count). The Balaban J connectivity index is 1.97. The molecule has 4 nitrogen and oxygen atoms in total. The average Bonchev–Trinajstić information content (AvgIpc) is 2.49. The Labute approximate surface area is 130 Å². The second-order valence-corrected chi connectivity index (χ2v) is 5.48. The van der Waals surface area contributed by atoms with Gasteiger partial charge in [-0.1, -0.05) is 40.2 Å². The van der Waals surface area contributed by atoms with Crippen LogP contribution in [0.25, 0.3) is 10.8 Å². The number of hydrogen-bond acceptors (Lipinski definition) is 3. The number of nitrogens with one attached hydrogen (secondary N) is 1. The maximum absolute atomic E-state index is 12.4. The van der Waals surface area contributed by atoms with E-state index in [2.05, 4.69) is 26.2 Å². The first kappa shape index (κ1) is 13.6. The van der Waals surface area contributed by atoms with Crippen LogP contribution in [-0.2, 0) is 0 Å². The van der Waals surface area contributed by atoms with Gasteiger partial charge in [0, 0.05) is 16.1 Å². The Morgan fingerprint density at radius 1 is 1.14 bits per heavy atom. The second kappa shape index (κ2) is 5.54. The van der Waals surface area contributed by atoms with Crippen molar-refractivity contribution in [1.29, 1.82) is 0 Å². The number of nitrogen functional groups attached to an aromatic ring is 1. The molecule has 0 saturated carbocycles. The molecule has 3 aromatic rings. The summed E-state index contributed by atoms with van der Waals surface area (Å²) < 4.78 is 0.862. The molecule has 21 heavy (non-hydrogen) atoms. The largest absolute Gasteiger partial charge is 0.397 e. The highest BCUT2D eigenvalue weighted by Gasteiger charge is 2.12. The zero-order valence-electron chi connectivity index (χ0n) is 11.0. The minimum absolute atomic E-state index is 0.277. The standard InChI is InChI=1S/C16H12BrN3O/c17-11-5-6-14(13(18)9-11)20-16(21)15-12-4-2-1-3-10(12)7-8-19-15/h1-9H,18H2,(H,20,21). The Hall–Kier alpha value is -2.40. The summed E-state index contributed by atoms with van der Waals surface area (Å²) in [5, 5.41) is 4.59. The number of fused-ring (bicyclic) bond motifs is 1. The molecule has 0 aliphatic heterocycles. The summed E-state index contributed by atoms with van der Waals surface area (Å²) in [7, 11) is 0. The van der Waals surface area contributed by atoms with Crippen LogP contribution in [0.2, 0.25) is 0 Å². The van der Waals surface area contributed by atoms with E-state index in [-0.39, 0.29) is 5.91 Å². The third-order valence-corrected chi connectivity index (χ3v) is 3.64. The third kappa shape index (κ3) is 2.73. The van der Waals surface area contributed by atoms with E-state index in [1.807, 2.05) is 36.4 Å². The van der Waals surface area contributed by atoms with Crippen LogP contribution in [0.5, 0.6) is 0 Å². The lowest BCUT2D eigenvalue weighted by Gasteiger charge is -2.09. The van der Waals surface area contributed by atoms with Gasteiger partial charge >= 0.3 is 0 Å². The van der Waals surface area contributed by atoms with Crippen LogP contribution >= 0.6 is 15.9 Å². The minimum atomic E-state index is -0.277. The van der Waals surface area contributed by atoms with E-state index in [9.17, 15) is 4.79 Å². The van der Waals surface area contributed by atoms with Crippen LogP contribution in [0.1, 0.15) is 10.5 Å². The van der Waals surface area contributed by atoms with E-state index in [4.69, 9.17) is 5.73 Å². The molecule has 104 valence electrons. The first-order valence-corrected chi connectivity index (χ1v) is 7.14. The van der Waals surface area contributed by atoms with Gasteiger partial charge < -0.3 is 11.1 Å². The second-order valence-electron chi connectivity index (χ2n) is 4.57. The molecule has 0 fully saturated rings. The number of amides is 1. The van der Waals surface area contributed by atoms with Crippen molar-refractivity contribution in [3.63, 3.8) is 0 Å². The van der Waals surface area contributed by atoms with Crippen LogP contribution < -0.4 is 11.1 Å². The normalized spacial score (nSPS) is 10.5. The summed E-state index contributed by atoms with van der Waals surface area (Å²) in [5.74, 6) is -0.277. The maximum atomic E-state index is 12.4. The maximum Gasteiger partial charge on any atom is 0.274 e. The SMILES string of the molecule is Nc1cc(Br)ccc1NC(=O)c1nccc2ccccc12. The third-order valence-electron chi connectivity index (χ3n) is 3.15. The van der Waals surface area contributed by atoms with Crippen molar-refractivity contribution in [3.8, 4) is 0 Å². The molecule has 0 unspecified atom stereocenters. The molecule has 5 heteroatoms. The fraction of sp³-hybridized carbons (Fsp3) is 0. The predicted octanol–water partition coefficient (Wildman–Crippen LogP) is 3.83. The van der Waals surface area contributed by atoms with E-state index in [1.54, 1.807) is 18.3 Å². The molecule has 3 N–H and O–H groups in total. The van der Waals surface area contributed by atoms with E-state index in [0.717, 1.165) is 15.2 Å². The molecule has 1 aromatic heterocycles. The van der Waals surface area contributed by atoms with E-state index >= 15 is 0 Å². The number of carbonyl (C=O) groups is 1. The molecule has 0 bridgehead atoms. The number of nitrogens with two attached hydrogens (primary N) is 1. The number of pyridine rings is 1. The van der Waals surface area contributed by atoms with Gasteiger partial charge in [0.25, 0.3) is 5.91 Å². The lowest BCUT2D eigenvalue weighted by Crippen LogP contribution is -2.15. The highest BCUT2D eigenvalue weighted by atomic mass is 79.9. The number of hydrogen-bond donors (Lipinski definition) is 2.